The summed E-state index contributed by atoms with van der Waals surface area (Å²) in [7, 11) is 0. The van der Waals surface area contributed by atoms with Gasteiger partial charge in [-0.15, -0.1) is 11.3 Å². The minimum Gasteiger partial charge on any atom is -0.376 e. The zero-order valence-electron chi connectivity index (χ0n) is 9.07. The summed E-state index contributed by atoms with van der Waals surface area (Å²) in [5, 5.41) is 2.14. The molecule has 0 saturated carbocycles. The highest BCUT2D eigenvalue weighted by molar-refractivity contribution is 9.10. The fourth-order valence-electron chi connectivity index (χ4n) is 1.83. The minimum atomic E-state index is 0.365. The number of nitrogens with zero attached hydrogens (tertiary/aromatic N) is 1. The molecule has 2 atom stereocenters. The highest BCUT2D eigenvalue weighted by Gasteiger charge is 2.23. The summed E-state index contributed by atoms with van der Waals surface area (Å²) >= 11 is 5.31. The van der Waals surface area contributed by atoms with Gasteiger partial charge in [-0.2, -0.15) is 0 Å². The van der Waals surface area contributed by atoms with Crippen LogP contribution in [0.4, 0.5) is 0 Å². The van der Waals surface area contributed by atoms with Crippen molar-refractivity contribution in [2.75, 3.05) is 13.2 Å². The van der Waals surface area contributed by atoms with Crippen LogP contribution in [0.25, 0.3) is 0 Å². The lowest BCUT2D eigenvalue weighted by atomic mass is 10.2. The van der Waals surface area contributed by atoms with Crippen molar-refractivity contribution in [2.24, 2.45) is 0 Å². The molecule has 0 spiro atoms. The molecule has 2 rings (SSSR count). The fourth-order valence-corrected chi connectivity index (χ4v) is 3.30. The summed E-state index contributed by atoms with van der Waals surface area (Å²) < 4.78 is 6.81. The zero-order chi connectivity index (χ0) is 10.8. The third kappa shape index (κ3) is 3.03. The monoisotopic (exact) mass is 289 g/mol. The lowest BCUT2D eigenvalue weighted by molar-refractivity contribution is -0.0523. The smallest absolute Gasteiger partial charge is 0.0674 e. The maximum atomic E-state index is 5.62. The van der Waals surface area contributed by atoms with Crippen molar-refractivity contribution >= 4 is 27.3 Å². The molecule has 1 fully saturated rings. The van der Waals surface area contributed by atoms with Crippen LogP contribution >= 0.6 is 27.3 Å². The lowest BCUT2D eigenvalue weighted by Gasteiger charge is -2.36. The van der Waals surface area contributed by atoms with E-state index in [1.165, 1.54) is 9.35 Å². The van der Waals surface area contributed by atoms with Gasteiger partial charge in [0.25, 0.3) is 0 Å². The van der Waals surface area contributed by atoms with Gasteiger partial charge in [0.05, 0.1) is 12.7 Å². The average molecular weight is 290 g/mol. The van der Waals surface area contributed by atoms with Gasteiger partial charge in [-0.05, 0) is 35.8 Å². The molecule has 0 aliphatic carbocycles. The first-order valence-electron chi connectivity index (χ1n) is 5.23. The zero-order valence-corrected chi connectivity index (χ0v) is 11.5. The van der Waals surface area contributed by atoms with Gasteiger partial charge in [0.2, 0.25) is 0 Å². The Bertz CT molecular complexity index is 328. The molecule has 0 amide bonds. The van der Waals surface area contributed by atoms with E-state index >= 15 is 0 Å². The van der Waals surface area contributed by atoms with Gasteiger partial charge >= 0.3 is 0 Å². The molecule has 1 aromatic rings. The topological polar surface area (TPSA) is 12.5 Å². The molecule has 2 nitrogen and oxygen atoms in total. The van der Waals surface area contributed by atoms with Crippen LogP contribution in [-0.2, 0) is 11.3 Å². The quantitative estimate of drug-likeness (QED) is 0.830. The first-order chi connectivity index (χ1) is 7.15. The summed E-state index contributed by atoms with van der Waals surface area (Å²) in [6, 6.07) is 2.74. The van der Waals surface area contributed by atoms with Gasteiger partial charge in [-0.1, -0.05) is 0 Å². The molecule has 1 aliphatic heterocycles. The third-order valence-corrected chi connectivity index (χ3v) is 4.40. The first kappa shape index (κ1) is 11.6. The van der Waals surface area contributed by atoms with Crippen LogP contribution in [0.15, 0.2) is 15.9 Å². The molecular weight excluding hydrogens is 274 g/mol. The first-order valence-corrected chi connectivity index (χ1v) is 6.91. The average Bonchev–Trinajstić information content (AvgIpc) is 2.58. The second-order valence-corrected chi connectivity index (χ2v) is 6.07. The van der Waals surface area contributed by atoms with E-state index in [4.69, 9.17) is 4.74 Å². The summed E-state index contributed by atoms with van der Waals surface area (Å²) in [5.74, 6) is 0. The summed E-state index contributed by atoms with van der Waals surface area (Å²) in [6.07, 6.45) is 0.365. The van der Waals surface area contributed by atoms with E-state index in [0.29, 0.717) is 12.1 Å². The Morgan fingerprint density at radius 2 is 2.40 bits per heavy atom. The highest BCUT2D eigenvalue weighted by Crippen LogP contribution is 2.23. The number of ether oxygens (including phenoxy) is 1. The van der Waals surface area contributed by atoms with E-state index in [1.807, 2.05) is 11.3 Å². The summed E-state index contributed by atoms with van der Waals surface area (Å²) in [5.41, 5.74) is 0. The molecule has 1 saturated heterocycles. The van der Waals surface area contributed by atoms with Gasteiger partial charge in [-0.3, -0.25) is 4.90 Å². The Morgan fingerprint density at radius 3 is 3.07 bits per heavy atom. The van der Waals surface area contributed by atoms with Crippen LogP contribution in [0.3, 0.4) is 0 Å². The number of hydrogen-bond donors (Lipinski definition) is 0. The van der Waals surface area contributed by atoms with Crippen LogP contribution in [0.5, 0.6) is 0 Å². The third-order valence-electron chi connectivity index (χ3n) is 2.72. The maximum Gasteiger partial charge on any atom is 0.0674 e. The van der Waals surface area contributed by atoms with Gasteiger partial charge in [0, 0.05) is 33.9 Å². The van der Waals surface area contributed by atoms with Crippen LogP contribution < -0.4 is 0 Å². The van der Waals surface area contributed by atoms with Gasteiger partial charge in [-0.25, -0.2) is 0 Å². The number of rotatable bonds is 2. The Labute approximate surface area is 103 Å². The number of hydrogen-bond acceptors (Lipinski definition) is 3. The molecule has 2 unspecified atom stereocenters. The summed E-state index contributed by atoms with van der Waals surface area (Å²) in [6.45, 7) is 7.31. The van der Waals surface area contributed by atoms with E-state index < -0.39 is 0 Å². The molecule has 0 aromatic carbocycles. The molecule has 0 N–H and O–H groups in total. The second kappa shape index (κ2) is 4.95. The van der Waals surface area contributed by atoms with Crippen molar-refractivity contribution in [1.29, 1.82) is 0 Å². The predicted octanol–water partition coefficient (Wildman–Crippen LogP) is 3.12. The number of halogens is 1. The minimum absolute atomic E-state index is 0.365. The Hall–Kier alpha value is 0.1000. The molecule has 2 heterocycles. The van der Waals surface area contributed by atoms with E-state index in [1.54, 1.807) is 0 Å². The SMILES string of the molecule is CC1CN(Cc2cc(Br)cs2)C(C)CO1. The van der Waals surface area contributed by atoms with Crippen LogP contribution in [0.2, 0.25) is 0 Å². The Balaban J connectivity index is 1.98. The number of morpholine rings is 1. The Kier molecular flexibility index (Phi) is 3.83. The fraction of sp³-hybridized carbons (Fsp3) is 0.636. The van der Waals surface area contributed by atoms with Crippen molar-refractivity contribution < 1.29 is 4.74 Å². The predicted molar refractivity (Wildman–Crippen MR) is 67.3 cm³/mol. The van der Waals surface area contributed by atoms with E-state index in [-0.39, 0.29) is 0 Å². The van der Waals surface area contributed by atoms with Crippen LogP contribution in [0, 0.1) is 0 Å². The van der Waals surface area contributed by atoms with E-state index in [9.17, 15) is 0 Å². The van der Waals surface area contributed by atoms with Crippen LogP contribution in [0.1, 0.15) is 18.7 Å². The largest absolute Gasteiger partial charge is 0.376 e. The molecule has 0 radical (unpaired) electrons. The van der Waals surface area contributed by atoms with Gasteiger partial charge in [0.1, 0.15) is 0 Å². The van der Waals surface area contributed by atoms with Gasteiger partial charge < -0.3 is 4.74 Å². The molecule has 15 heavy (non-hydrogen) atoms. The van der Waals surface area contributed by atoms with Crippen LogP contribution in [-0.4, -0.2) is 30.2 Å². The molecule has 1 aromatic heterocycles. The molecule has 84 valence electrons. The lowest BCUT2D eigenvalue weighted by Crippen LogP contribution is -2.46. The van der Waals surface area contributed by atoms with Crippen molar-refractivity contribution in [3.63, 3.8) is 0 Å². The molecule has 0 bridgehead atoms. The van der Waals surface area contributed by atoms with E-state index in [2.05, 4.69) is 46.1 Å². The van der Waals surface area contributed by atoms with Crippen molar-refractivity contribution in [3.8, 4) is 0 Å². The standard InChI is InChI=1S/C11H16BrNOS/c1-8-6-14-9(2)4-13(8)5-11-3-10(12)7-15-11/h3,7-9H,4-6H2,1-2H3. The normalized spacial score (nSPS) is 28.2. The van der Waals surface area contributed by atoms with Gasteiger partial charge in [0.15, 0.2) is 0 Å². The molecule has 4 heteroatoms. The highest BCUT2D eigenvalue weighted by atomic mass is 79.9. The Morgan fingerprint density at radius 1 is 1.60 bits per heavy atom. The maximum absolute atomic E-state index is 5.62. The van der Waals surface area contributed by atoms with E-state index in [0.717, 1.165) is 19.7 Å². The molecular formula is C11H16BrNOS. The second-order valence-electron chi connectivity index (χ2n) is 4.15. The summed E-state index contributed by atoms with van der Waals surface area (Å²) in [4.78, 5) is 3.91. The van der Waals surface area contributed by atoms with Crippen molar-refractivity contribution in [2.45, 2.75) is 32.5 Å². The number of thiophene rings is 1. The van der Waals surface area contributed by atoms with Crippen molar-refractivity contribution in [3.05, 3.63) is 20.8 Å². The molecule has 1 aliphatic rings. The van der Waals surface area contributed by atoms with Crippen molar-refractivity contribution in [1.82, 2.24) is 4.90 Å².